The number of amides is 2. The first-order valence-corrected chi connectivity index (χ1v) is 11.3. The number of thiophene rings is 1. The van der Waals surface area contributed by atoms with Crippen LogP contribution in [0, 0.1) is 11.3 Å². The van der Waals surface area contributed by atoms with Gasteiger partial charge in [0.1, 0.15) is 0 Å². The number of thioether (sulfide) groups is 1. The van der Waals surface area contributed by atoms with Gasteiger partial charge < -0.3 is 10.2 Å². The fourth-order valence-electron chi connectivity index (χ4n) is 3.94. The molecule has 0 radical (unpaired) electrons. The van der Waals surface area contributed by atoms with E-state index in [1.54, 1.807) is 23.1 Å². The second kappa shape index (κ2) is 8.07. The lowest BCUT2D eigenvalue weighted by Gasteiger charge is -2.32. The molecule has 1 aliphatic heterocycles. The predicted molar refractivity (Wildman–Crippen MR) is 110 cm³/mol. The van der Waals surface area contributed by atoms with Crippen LogP contribution in [0.3, 0.4) is 0 Å². The van der Waals surface area contributed by atoms with E-state index in [0.29, 0.717) is 12.3 Å². The Bertz CT molecular complexity index is 784. The summed E-state index contributed by atoms with van der Waals surface area (Å²) >= 11 is 3.26. The second-order valence-corrected chi connectivity index (χ2v) is 9.48. The van der Waals surface area contributed by atoms with E-state index in [1.165, 1.54) is 4.88 Å². The van der Waals surface area contributed by atoms with Gasteiger partial charge in [0.25, 0.3) is 0 Å². The maximum Gasteiger partial charge on any atom is 0.232 e. The average molecular weight is 401 g/mol. The van der Waals surface area contributed by atoms with Crippen molar-refractivity contribution in [1.82, 2.24) is 10.2 Å². The molecule has 1 spiro atoms. The molecular weight excluding hydrogens is 376 g/mol. The summed E-state index contributed by atoms with van der Waals surface area (Å²) in [6.07, 6.45) is 2.88. The van der Waals surface area contributed by atoms with E-state index in [0.717, 1.165) is 37.2 Å². The molecule has 1 atom stereocenters. The van der Waals surface area contributed by atoms with Gasteiger partial charge in [-0.3, -0.25) is 9.59 Å². The van der Waals surface area contributed by atoms with Crippen LogP contribution in [0.15, 0.2) is 52.7 Å². The van der Waals surface area contributed by atoms with Crippen LogP contribution >= 0.6 is 23.1 Å². The third kappa shape index (κ3) is 4.38. The Morgan fingerprint density at radius 3 is 2.63 bits per heavy atom. The Hall–Kier alpha value is -1.79. The van der Waals surface area contributed by atoms with Crippen LogP contribution in [0.1, 0.15) is 24.1 Å². The molecule has 0 unspecified atom stereocenters. The topological polar surface area (TPSA) is 49.4 Å². The lowest BCUT2D eigenvalue weighted by Crippen LogP contribution is -2.41. The Kier molecular flexibility index (Phi) is 5.55. The normalized spacial score (nSPS) is 20.4. The molecule has 1 aromatic carbocycles. The summed E-state index contributed by atoms with van der Waals surface area (Å²) in [5.74, 6) is 1.01. The molecular formula is C21H24N2O2S2. The molecule has 1 saturated carbocycles. The van der Waals surface area contributed by atoms with Crippen molar-refractivity contribution in [2.75, 3.05) is 18.8 Å². The minimum atomic E-state index is 0.133. The molecule has 4 rings (SSSR count). The molecule has 1 N–H and O–H groups in total. The second-order valence-electron chi connectivity index (χ2n) is 7.40. The van der Waals surface area contributed by atoms with E-state index >= 15 is 0 Å². The van der Waals surface area contributed by atoms with Gasteiger partial charge in [-0.25, -0.2) is 0 Å². The zero-order valence-electron chi connectivity index (χ0n) is 15.2. The zero-order valence-corrected chi connectivity index (χ0v) is 16.9. The summed E-state index contributed by atoms with van der Waals surface area (Å²) in [5, 5.41) is 5.11. The molecule has 1 aliphatic carbocycles. The van der Waals surface area contributed by atoms with E-state index in [2.05, 4.69) is 5.32 Å². The smallest absolute Gasteiger partial charge is 0.232 e. The number of likely N-dealkylation sites (tertiary alicyclic amines) is 1. The van der Waals surface area contributed by atoms with Crippen LogP contribution in [-0.2, 0) is 16.1 Å². The summed E-state index contributed by atoms with van der Waals surface area (Å²) in [6.45, 7) is 2.19. The van der Waals surface area contributed by atoms with Crippen LogP contribution in [0.5, 0.6) is 0 Å². The third-order valence-corrected chi connectivity index (χ3v) is 7.61. The van der Waals surface area contributed by atoms with Crippen LogP contribution in [-0.4, -0.2) is 35.6 Å². The third-order valence-electron chi connectivity index (χ3n) is 5.74. The lowest BCUT2D eigenvalue weighted by molar-refractivity contribution is -0.130. The quantitative estimate of drug-likeness (QED) is 0.751. The van der Waals surface area contributed by atoms with Crippen LogP contribution in [0.4, 0.5) is 0 Å². The maximum absolute atomic E-state index is 12.5. The van der Waals surface area contributed by atoms with Gasteiger partial charge in [-0.1, -0.05) is 24.3 Å². The van der Waals surface area contributed by atoms with E-state index < -0.39 is 0 Å². The van der Waals surface area contributed by atoms with Gasteiger partial charge in [-0.15, -0.1) is 23.1 Å². The molecule has 27 heavy (non-hydrogen) atoms. The maximum atomic E-state index is 12.5. The van der Waals surface area contributed by atoms with Gasteiger partial charge in [-0.2, -0.15) is 0 Å². The monoisotopic (exact) mass is 400 g/mol. The van der Waals surface area contributed by atoms with Crippen molar-refractivity contribution < 1.29 is 9.59 Å². The first kappa shape index (κ1) is 18.6. The van der Waals surface area contributed by atoms with Crippen LogP contribution < -0.4 is 5.32 Å². The van der Waals surface area contributed by atoms with E-state index in [1.807, 2.05) is 52.7 Å². The first-order valence-electron chi connectivity index (χ1n) is 9.42. The number of hydrogen-bond acceptors (Lipinski definition) is 4. The number of piperidine rings is 1. The van der Waals surface area contributed by atoms with Crippen molar-refractivity contribution in [2.45, 2.75) is 30.7 Å². The average Bonchev–Trinajstić information content (AvgIpc) is 3.14. The fourth-order valence-corrected chi connectivity index (χ4v) is 5.40. The molecule has 2 aliphatic rings. The number of benzene rings is 1. The number of hydrogen-bond donors (Lipinski definition) is 1. The molecule has 2 heterocycles. The summed E-state index contributed by atoms with van der Waals surface area (Å²) in [6, 6.07) is 14.1. The molecule has 4 nitrogen and oxygen atoms in total. The molecule has 0 bridgehead atoms. The van der Waals surface area contributed by atoms with Gasteiger partial charge in [0.2, 0.25) is 11.8 Å². The Morgan fingerprint density at radius 2 is 1.93 bits per heavy atom. The summed E-state index contributed by atoms with van der Waals surface area (Å²) in [7, 11) is 0. The number of carbonyl (C=O) groups is 2. The fraction of sp³-hybridized carbons (Fsp3) is 0.429. The number of nitrogens with one attached hydrogen (secondary N) is 1. The molecule has 2 aromatic rings. The number of rotatable bonds is 6. The van der Waals surface area contributed by atoms with E-state index in [-0.39, 0.29) is 23.1 Å². The molecule has 1 aromatic heterocycles. The summed E-state index contributed by atoms with van der Waals surface area (Å²) in [4.78, 5) is 29.2. The highest BCUT2D eigenvalue weighted by Crippen LogP contribution is 2.59. The van der Waals surface area contributed by atoms with Gasteiger partial charge in [-0.05, 0) is 48.3 Å². The molecule has 2 fully saturated rings. The minimum absolute atomic E-state index is 0.133. The predicted octanol–water partition coefficient (Wildman–Crippen LogP) is 3.79. The standard InChI is InChI=1S/C21H24N2O2S2/c24-19(15-27-16-5-2-1-3-6-16)23-10-8-21(9-11-23)13-18(21)20(25)22-14-17-7-4-12-26-17/h1-7,12,18H,8-11,13-15H2,(H,22,25)/t18-/m0/s1. The highest BCUT2D eigenvalue weighted by Gasteiger charge is 2.58. The van der Waals surface area contributed by atoms with Crippen molar-refractivity contribution in [3.05, 3.63) is 52.7 Å². The van der Waals surface area contributed by atoms with Gasteiger partial charge in [0.05, 0.1) is 12.3 Å². The zero-order chi connectivity index (χ0) is 18.7. The van der Waals surface area contributed by atoms with E-state index in [9.17, 15) is 9.59 Å². The molecule has 2 amide bonds. The number of carbonyl (C=O) groups excluding carboxylic acids is 2. The highest BCUT2D eigenvalue weighted by molar-refractivity contribution is 8.00. The van der Waals surface area contributed by atoms with Crippen molar-refractivity contribution in [2.24, 2.45) is 11.3 Å². The van der Waals surface area contributed by atoms with Crippen molar-refractivity contribution in [3.63, 3.8) is 0 Å². The number of nitrogens with zero attached hydrogens (tertiary/aromatic N) is 1. The van der Waals surface area contributed by atoms with Gasteiger partial charge in [0, 0.05) is 28.8 Å². The Balaban J connectivity index is 1.21. The summed E-state index contributed by atoms with van der Waals surface area (Å²) in [5.41, 5.74) is 0.142. The van der Waals surface area contributed by atoms with Gasteiger partial charge in [0.15, 0.2) is 0 Å². The SMILES string of the molecule is O=C(NCc1cccs1)[C@@H]1CC12CCN(C(=O)CSc1ccccc1)CC2. The summed E-state index contributed by atoms with van der Waals surface area (Å²) < 4.78 is 0. The van der Waals surface area contributed by atoms with Gasteiger partial charge >= 0.3 is 0 Å². The van der Waals surface area contributed by atoms with Crippen molar-refractivity contribution >= 4 is 34.9 Å². The largest absolute Gasteiger partial charge is 0.351 e. The molecule has 142 valence electrons. The van der Waals surface area contributed by atoms with Crippen LogP contribution in [0.2, 0.25) is 0 Å². The van der Waals surface area contributed by atoms with Crippen molar-refractivity contribution in [3.8, 4) is 0 Å². The van der Waals surface area contributed by atoms with Crippen molar-refractivity contribution in [1.29, 1.82) is 0 Å². The molecule has 1 saturated heterocycles. The minimum Gasteiger partial charge on any atom is -0.351 e. The Morgan fingerprint density at radius 1 is 1.15 bits per heavy atom. The lowest BCUT2D eigenvalue weighted by atomic mass is 9.90. The Labute approximate surface area is 168 Å². The molecule has 6 heteroatoms. The van der Waals surface area contributed by atoms with Crippen LogP contribution in [0.25, 0.3) is 0 Å². The van der Waals surface area contributed by atoms with E-state index in [4.69, 9.17) is 0 Å². The first-order chi connectivity index (χ1) is 13.2. The highest BCUT2D eigenvalue weighted by atomic mass is 32.2.